The van der Waals surface area contributed by atoms with Gasteiger partial charge in [0.2, 0.25) is 10.0 Å². The van der Waals surface area contributed by atoms with E-state index in [0.29, 0.717) is 10.6 Å². The number of amides is 1. The van der Waals surface area contributed by atoms with Crippen LogP contribution in [0.1, 0.15) is 14.5 Å². The lowest BCUT2D eigenvalue weighted by atomic mass is 10.3. The van der Waals surface area contributed by atoms with E-state index in [1.807, 2.05) is 13.0 Å². The minimum Gasteiger partial charge on any atom is -0.311 e. The molecule has 2 rings (SSSR count). The molecule has 1 amide bonds. The van der Waals surface area contributed by atoms with Gasteiger partial charge in [0, 0.05) is 17.6 Å². The predicted molar refractivity (Wildman–Crippen MR) is 79.6 cm³/mol. The van der Waals surface area contributed by atoms with E-state index in [9.17, 15) is 13.2 Å². The summed E-state index contributed by atoms with van der Waals surface area (Å²) in [6.07, 6.45) is 0. The third-order valence-corrected chi connectivity index (χ3v) is 4.73. The van der Waals surface area contributed by atoms with E-state index in [-0.39, 0.29) is 10.8 Å². The molecule has 7 heteroatoms. The Morgan fingerprint density at radius 1 is 1.15 bits per heavy atom. The molecule has 20 heavy (non-hydrogen) atoms. The molecule has 0 saturated carbocycles. The number of nitrogens with zero attached hydrogens (tertiary/aromatic N) is 1. The van der Waals surface area contributed by atoms with Gasteiger partial charge in [-0.3, -0.25) is 4.79 Å². The fourth-order valence-electron chi connectivity index (χ4n) is 1.69. The van der Waals surface area contributed by atoms with Gasteiger partial charge in [-0.25, -0.2) is 13.6 Å². The zero-order chi connectivity index (χ0) is 14.9. The lowest BCUT2D eigenvalue weighted by Crippen LogP contribution is -2.25. The number of carbonyl (C=O) groups excluding carboxylic acids is 1. The number of hydrogen-bond acceptors (Lipinski definition) is 4. The molecule has 0 bridgehead atoms. The summed E-state index contributed by atoms with van der Waals surface area (Å²) in [6, 6.07) is 9.53. The Labute approximate surface area is 121 Å². The van der Waals surface area contributed by atoms with Crippen LogP contribution >= 0.6 is 11.3 Å². The van der Waals surface area contributed by atoms with Crippen LogP contribution in [0.2, 0.25) is 0 Å². The molecule has 1 aromatic heterocycles. The highest BCUT2D eigenvalue weighted by atomic mass is 32.2. The summed E-state index contributed by atoms with van der Waals surface area (Å²) in [7, 11) is -2.07. The van der Waals surface area contributed by atoms with Crippen molar-refractivity contribution in [2.24, 2.45) is 5.14 Å². The minimum atomic E-state index is -3.72. The first-order chi connectivity index (χ1) is 9.29. The van der Waals surface area contributed by atoms with Crippen LogP contribution in [0.25, 0.3) is 0 Å². The standard InChI is InChI=1S/C13H14N2O3S2/c1-9-3-8-12(19-9)13(16)15(2)10-4-6-11(7-5-10)20(14,17)18/h3-8H,1-2H3,(H2,14,17,18). The van der Waals surface area contributed by atoms with Crippen molar-refractivity contribution in [3.63, 3.8) is 0 Å². The number of thiophene rings is 1. The van der Waals surface area contributed by atoms with Gasteiger partial charge in [0.15, 0.2) is 0 Å². The lowest BCUT2D eigenvalue weighted by Gasteiger charge is -2.16. The maximum atomic E-state index is 12.2. The fourth-order valence-corrected chi connectivity index (χ4v) is 3.05. The monoisotopic (exact) mass is 310 g/mol. The first-order valence-corrected chi connectivity index (χ1v) is 8.12. The predicted octanol–water partition coefficient (Wildman–Crippen LogP) is 1.98. The van der Waals surface area contributed by atoms with E-state index in [1.54, 1.807) is 25.2 Å². The zero-order valence-corrected chi connectivity index (χ0v) is 12.7. The van der Waals surface area contributed by atoms with Gasteiger partial charge in [-0.15, -0.1) is 11.3 Å². The van der Waals surface area contributed by atoms with E-state index in [0.717, 1.165) is 4.88 Å². The maximum absolute atomic E-state index is 12.2. The topological polar surface area (TPSA) is 80.5 Å². The summed E-state index contributed by atoms with van der Waals surface area (Å²) in [6.45, 7) is 1.93. The molecule has 0 aliphatic rings. The molecule has 1 aromatic carbocycles. The minimum absolute atomic E-state index is 0.0223. The summed E-state index contributed by atoms with van der Waals surface area (Å²) >= 11 is 1.42. The van der Waals surface area contributed by atoms with Crippen LogP contribution in [0.15, 0.2) is 41.3 Å². The second-order valence-electron chi connectivity index (χ2n) is 4.31. The molecule has 0 fully saturated rings. The van der Waals surface area contributed by atoms with Crippen molar-refractivity contribution in [2.75, 3.05) is 11.9 Å². The first kappa shape index (κ1) is 14.7. The molecule has 1 heterocycles. The van der Waals surface area contributed by atoms with Crippen LogP contribution in [0.5, 0.6) is 0 Å². The van der Waals surface area contributed by atoms with Crippen LogP contribution < -0.4 is 10.0 Å². The molecule has 5 nitrogen and oxygen atoms in total. The molecule has 0 aliphatic heterocycles. The fraction of sp³-hybridized carbons (Fsp3) is 0.154. The molecule has 0 aliphatic carbocycles. The second-order valence-corrected chi connectivity index (χ2v) is 7.16. The molecular formula is C13H14N2O3S2. The normalized spacial score (nSPS) is 11.3. The largest absolute Gasteiger partial charge is 0.311 e. The average molecular weight is 310 g/mol. The van der Waals surface area contributed by atoms with Crippen LogP contribution in [0.3, 0.4) is 0 Å². The van der Waals surface area contributed by atoms with E-state index < -0.39 is 10.0 Å². The average Bonchev–Trinajstić information content (AvgIpc) is 2.83. The summed E-state index contributed by atoms with van der Waals surface area (Å²) in [5.41, 5.74) is 0.605. The van der Waals surface area contributed by atoms with Crippen molar-refractivity contribution in [1.82, 2.24) is 0 Å². The van der Waals surface area contributed by atoms with E-state index in [2.05, 4.69) is 0 Å². The van der Waals surface area contributed by atoms with Crippen LogP contribution in [0.4, 0.5) is 5.69 Å². The first-order valence-electron chi connectivity index (χ1n) is 5.76. The summed E-state index contributed by atoms with van der Waals surface area (Å²) < 4.78 is 22.3. The van der Waals surface area contributed by atoms with Crippen molar-refractivity contribution in [3.8, 4) is 0 Å². The number of aryl methyl sites for hydroxylation is 1. The van der Waals surface area contributed by atoms with Gasteiger partial charge in [-0.2, -0.15) is 0 Å². The van der Waals surface area contributed by atoms with Crippen molar-refractivity contribution >= 4 is 33.0 Å². The zero-order valence-electron chi connectivity index (χ0n) is 11.0. The molecule has 106 valence electrons. The molecule has 0 atom stereocenters. The molecule has 0 saturated heterocycles. The SMILES string of the molecule is Cc1ccc(C(=O)N(C)c2ccc(S(N)(=O)=O)cc2)s1. The summed E-state index contributed by atoms with van der Waals surface area (Å²) in [5.74, 6) is -0.133. The van der Waals surface area contributed by atoms with Crippen molar-refractivity contribution in [1.29, 1.82) is 0 Å². The molecule has 0 unspecified atom stereocenters. The Balaban J connectivity index is 2.25. The Morgan fingerprint density at radius 2 is 1.75 bits per heavy atom. The van der Waals surface area contributed by atoms with Crippen LogP contribution in [-0.2, 0) is 10.0 Å². The number of hydrogen-bond donors (Lipinski definition) is 1. The quantitative estimate of drug-likeness (QED) is 0.941. The van der Waals surface area contributed by atoms with E-state index in [4.69, 9.17) is 5.14 Å². The highest BCUT2D eigenvalue weighted by Gasteiger charge is 2.16. The van der Waals surface area contributed by atoms with Crippen LogP contribution in [0, 0.1) is 6.92 Å². The molecular weight excluding hydrogens is 296 g/mol. The Morgan fingerprint density at radius 3 is 2.20 bits per heavy atom. The Hall–Kier alpha value is -1.70. The number of anilines is 1. The number of sulfonamides is 1. The second kappa shape index (κ2) is 5.35. The van der Waals surface area contributed by atoms with Crippen molar-refractivity contribution in [2.45, 2.75) is 11.8 Å². The van der Waals surface area contributed by atoms with Gasteiger partial charge < -0.3 is 4.90 Å². The molecule has 2 aromatic rings. The molecule has 0 spiro atoms. The van der Waals surface area contributed by atoms with Gasteiger partial charge >= 0.3 is 0 Å². The highest BCUT2D eigenvalue weighted by Crippen LogP contribution is 2.21. The lowest BCUT2D eigenvalue weighted by molar-refractivity contribution is 0.0997. The Bertz CT molecular complexity index is 733. The third-order valence-electron chi connectivity index (χ3n) is 2.81. The number of benzene rings is 1. The maximum Gasteiger partial charge on any atom is 0.268 e. The van der Waals surface area contributed by atoms with Gasteiger partial charge in [0.25, 0.3) is 5.91 Å². The van der Waals surface area contributed by atoms with Gasteiger partial charge in [-0.1, -0.05) is 0 Å². The third kappa shape index (κ3) is 3.06. The summed E-state index contributed by atoms with van der Waals surface area (Å²) in [5, 5.41) is 5.03. The molecule has 2 N–H and O–H groups in total. The number of rotatable bonds is 3. The van der Waals surface area contributed by atoms with Gasteiger partial charge in [0.05, 0.1) is 9.77 Å². The summed E-state index contributed by atoms with van der Waals surface area (Å²) in [4.78, 5) is 15.4. The van der Waals surface area contributed by atoms with E-state index in [1.165, 1.54) is 28.4 Å². The highest BCUT2D eigenvalue weighted by molar-refractivity contribution is 7.89. The van der Waals surface area contributed by atoms with E-state index >= 15 is 0 Å². The van der Waals surface area contributed by atoms with Gasteiger partial charge in [-0.05, 0) is 43.3 Å². The number of nitrogens with two attached hydrogens (primary N) is 1. The van der Waals surface area contributed by atoms with Crippen molar-refractivity contribution in [3.05, 3.63) is 46.2 Å². The van der Waals surface area contributed by atoms with Crippen molar-refractivity contribution < 1.29 is 13.2 Å². The van der Waals surface area contributed by atoms with Gasteiger partial charge in [0.1, 0.15) is 0 Å². The van der Waals surface area contributed by atoms with Crippen LogP contribution in [-0.4, -0.2) is 21.4 Å². The number of primary sulfonamides is 1. The Kier molecular flexibility index (Phi) is 3.94. The molecule has 0 radical (unpaired) electrons. The number of carbonyl (C=O) groups is 1. The smallest absolute Gasteiger partial charge is 0.268 e.